The summed E-state index contributed by atoms with van der Waals surface area (Å²) in [6, 6.07) is 9.47. The van der Waals surface area contributed by atoms with E-state index in [1.54, 1.807) is 13.0 Å². The van der Waals surface area contributed by atoms with Crippen LogP contribution in [-0.2, 0) is 14.3 Å². The van der Waals surface area contributed by atoms with Gasteiger partial charge in [0.1, 0.15) is 0 Å². The molecule has 0 atom stereocenters. The van der Waals surface area contributed by atoms with Gasteiger partial charge in [0.05, 0.1) is 13.7 Å². The summed E-state index contributed by atoms with van der Waals surface area (Å²) < 4.78 is 9.79. The topological polar surface area (TPSA) is 35.5 Å². The number of carbonyl (C=O) groups excluding carboxylic acids is 1. The smallest absolute Gasteiger partial charge is 0.373 e. The Bertz CT molecular complexity index is 341. The number of benzene rings is 1. The number of esters is 1. The normalized spacial score (nSPS) is 10.9. The summed E-state index contributed by atoms with van der Waals surface area (Å²) in [5, 5.41) is 0. The Morgan fingerprint density at radius 2 is 2.00 bits per heavy atom. The predicted octanol–water partition coefficient (Wildman–Crippen LogP) is 2.24. The van der Waals surface area contributed by atoms with Crippen LogP contribution in [0.1, 0.15) is 12.5 Å². The largest absolute Gasteiger partial charge is 0.490 e. The molecule has 0 unspecified atom stereocenters. The molecule has 80 valence electrons. The number of methoxy groups -OCH3 is 1. The molecule has 1 rings (SSSR count). The lowest BCUT2D eigenvalue weighted by atomic mass is 10.2. The summed E-state index contributed by atoms with van der Waals surface area (Å²) in [7, 11) is 1.45. The highest BCUT2D eigenvalue weighted by Gasteiger charge is 2.09. The Morgan fingerprint density at radius 1 is 1.33 bits per heavy atom. The number of hydrogen-bond acceptors (Lipinski definition) is 3. The van der Waals surface area contributed by atoms with Crippen molar-refractivity contribution in [1.82, 2.24) is 0 Å². The first-order chi connectivity index (χ1) is 7.27. The van der Waals surface area contributed by atoms with Crippen LogP contribution in [-0.4, -0.2) is 19.7 Å². The molecule has 0 fully saturated rings. The van der Waals surface area contributed by atoms with Crippen molar-refractivity contribution in [3.8, 4) is 0 Å². The first kappa shape index (κ1) is 11.3. The number of hydrogen-bond donors (Lipinski definition) is 0. The molecule has 0 aliphatic carbocycles. The molecule has 0 heterocycles. The van der Waals surface area contributed by atoms with E-state index in [0.717, 1.165) is 5.56 Å². The summed E-state index contributed by atoms with van der Waals surface area (Å²) in [5.41, 5.74) is 0.905. The molecule has 3 heteroatoms. The van der Waals surface area contributed by atoms with E-state index in [9.17, 15) is 4.79 Å². The quantitative estimate of drug-likeness (QED) is 0.430. The fraction of sp³-hybridized carbons (Fsp3) is 0.250. The van der Waals surface area contributed by atoms with E-state index in [0.29, 0.717) is 6.61 Å². The second-order valence-electron chi connectivity index (χ2n) is 2.84. The van der Waals surface area contributed by atoms with Crippen LogP contribution in [0.25, 0.3) is 6.08 Å². The average molecular weight is 206 g/mol. The monoisotopic (exact) mass is 206 g/mol. The minimum atomic E-state index is -0.441. The predicted molar refractivity (Wildman–Crippen MR) is 58.1 cm³/mol. The van der Waals surface area contributed by atoms with E-state index in [1.807, 2.05) is 30.3 Å². The lowest BCUT2D eigenvalue weighted by Crippen LogP contribution is -2.08. The zero-order valence-corrected chi connectivity index (χ0v) is 8.90. The van der Waals surface area contributed by atoms with E-state index in [-0.39, 0.29) is 5.76 Å². The van der Waals surface area contributed by atoms with Crippen molar-refractivity contribution in [3.63, 3.8) is 0 Å². The lowest BCUT2D eigenvalue weighted by Gasteiger charge is -2.04. The molecule has 3 nitrogen and oxygen atoms in total. The van der Waals surface area contributed by atoms with Crippen molar-refractivity contribution in [2.24, 2.45) is 0 Å². The molecule has 0 spiro atoms. The SMILES string of the molecule is CCOC(=O)/C(=C\c1ccccc1)OC. The van der Waals surface area contributed by atoms with Crippen molar-refractivity contribution < 1.29 is 14.3 Å². The van der Waals surface area contributed by atoms with E-state index in [2.05, 4.69) is 0 Å². The van der Waals surface area contributed by atoms with Gasteiger partial charge in [-0.05, 0) is 18.6 Å². The molecule has 1 aromatic carbocycles. The van der Waals surface area contributed by atoms with Crippen LogP contribution in [0.15, 0.2) is 36.1 Å². The molecular weight excluding hydrogens is 192 g/mol. The number of carbonyl (C=O) groups is 1. The minimum Gasteiger partial charge on any atom is -0.490 e. The molecule has 0 bridgehead atoms. The standard InChI is InChI=1S/C12H14O3/c1-3-15-12(13)11(14-2)9-10-7-5-4-6-8-10/h4-9H,3H2,1-2H3/b11-9+. The minimum absolute atomic E-state index is 0.211. The van der Waals surface area contributed by atoms with Crippen molar-refractivity contribution in [3.05, 3.63) is 41.7 Å². The molecule has 0 aliphatic heterocycles. The fourth-order valence-electron chi connectivity index (χ4n) is 1.10. The van der Waals surface area contributed by atoms with E-state index in [4.69, 9.17) is 9.47 Å². The summed E-state index contributed by atoms with van der Waals surface area (Å²) in [6.45, 7) is 2.10. The van der Waals surface area contributed by atoms with Crippen LogP contribution in [0, 0.1) is 0 Å². The van der Waals surface area contributed by atoms with Gasteiger partial charge in [0.2, 0.25) is 5.76 Å². The van der Waals surface area contributed by atoms with E-state index >= 15 is 0 Å². The molecule has 1 aromatic rings. The van der Waals surface area contributed by atoms with Crippen LogP contribution in [0.3, 0.4) is 0 Å². The van der Waals surface area contributed by atoms with E-state index in [1.165, 1.54) is 7.11 Å². The fourth-order valence-corrected chi connectivity index (χ4v) is 1.10. The average Bonchev–Trinajstić information content (AvgIpc) is 2.27. The third-order valence-corrected chi connectivity index (χ3v) is 1.79. The van der Waals surface area contributed by atoms with Crippen molar-refractivity contribution in [1.29, 1.82) is 0 Å². The molecule has 0 N–H and O–H groups in total. The van der Waals surface area contributed by atoms with Gasteiger partial charge in [-0.1, -0.05) is 30.3 Å². The van der Waals surface area contributed by atoms with Gasteiger partial charge in [0.15, 0.2) is 0 Å². The Kier molecular flexibility index (Phi) is 4.41. The van der Waals surface area contributed by atoms with Crippen molar-refractivity contribution in [2.75, 3.05) is 13.7 Å². The second kappa shape index (κ2) is 5.86. The lowest BCUT2D eigenvalue weighted by molar-refractivity contribution is -0.141. The molecule has 15 heavy (non-hydrogen) atoms. The van der Waals surface area contributed by atoms with Gasteiger partial charge in [0, 0.05) is 0 Å². The Hall–Kier alpha value is -1.77. The van der Waals surface area contributed by atoms with Gasteiger partial charge in [-0.2, -0.15) is 0 Å². The van der Waals surface area contributed by atoms with Crippen LogP contribution in [0.2, 0.25) is 0 Å². The van der Waals surface area contributed by atoms with Gasteiger partial charge in [-0.3, -0.25) is 0 Å². The summed E-state index contributed by atoms with van der Waals surface area (Å²) in [5.74, 6) is -0.230. The van der Waals surface area contributed by atoms with E-state index < -0.39 is 5.97 Å². The van der Waals surface area contributed by atoms with Crippen molar-refractivity contribution in [2.45, 2.75) is 6.92 Å². The maximum Gasteiger partial charge on any atom is 0.373 e. The molecule has 0 radical (unpaired) electrons. The van der Waals surface area contributed by atoms with Gasteiger partial charge in [-0.25, -0.2) is 4.79 Å². The molecule has 0 aliphatic rings. The molecular formula is C12H14O3. The molecule has 0 amide bonds. The summed E-state index contributed by atoms with van der Waals surface area (Å²) in [4.78, 5) is 11.4. The Labute approximate surface area is 89.3 Å². The Balaban J connectivity index is 2.83. The first-order valence-electron chi connectivity index (χ1n) is 4.75. The maximum atomic E-state index is 11.4. The highest BCUT2D eigenvalue weighted by Crippen LogP contribution is 2.08. The zero-order valence-electron chi connectivity index (χ0n) is 8.90. The van der Waals surface area contributed by atoms with Crippen LogP contribution in [0.5, 0.6) is 0 Å². The number of rotatable bonds is 4. The van der Waals surface area contributed by atoms with Gasteiger partial charge in [-0.15, -0.1) is 0 Å². The maximum absolute atomic E-state index is 11.4. The highest BCUT2D eigenvalue weighted by molar-refractivity contribution is 5.91. The molecule has 0 saturated heterocycles. The third kappa shape index (κ3) is 3.46. The molecule has 0 saturated carbocycles. The van der Waals surface area contributed by atoms with Gasteiger partial charge in [0.25, 0.3) is 0 Å². The first-order valence-corrected chi connectivity index (χ1v) is 4.75. The van der Waals surface area contributed by atoms with Crippen LogP contribution >= 0.6 is 0 Å². The molecule has 0 aromatic heterocycles. The van der Waals surface area contributed by atoms with Gasteiger partial charge >= 0.3 is 5.97 Å². The highest BCUT2D eigenvalue weighted by atomic mass is 16.6. The Morgan fingerprint density at radius 3 is 2.53 bits per heavy atom. The van der Waals surface area contributed by atoms with Gasteiger partial charge < -0.3 is 9.47 Å². The van der Waals surface area contributed by atoms with Crippen LogP contribution < -0.4 is 0 Å². The van der Waals surface area contributed by atoms with Crippen LogP contribution in [0.4, 0.5) is 0 Å². The zero-order chi connectivity index (χ0) is 11.1. The second-order valence-corrected chi connectivity index (χ2v) is 2.84. The summed E-state index contributed by atoms with van der Waals surface area (Å²) in [6.07, 6.45) is 1.65. The number of ether oxygens (including phenoxy) is 2. The summed E-state index contributed by atoms with van der Waals surface area (Å²) >= 11 is 0. The van der Waals surface area contributed by atoms with Crippen molar-refractivity contribution >= 4 is 12.0 Å². The third-order valence-electron chi connectivity index (χ3n) is 1.79.